The molecule has 21 heavy (non-hydrogen) atoms. The van der Waals surface area contributed by atoms with Gasteiger partial charge in [-0.1, -0.05) is 0 Å². The fourth-order valence-corrected chi connectivity index (χ4v) is 3.53. The third kappa shape index (κ3) is 2.02. The molecule has 0 unspecified atom stereocenters. The number of thiazole rings is 1. The number of hydrogen-bond acceptors (Lipinski definition) is 8. The number of oxazole rings is 1. The second-order valence-corrected chi connectivity index (χ2v) is 6.19. The van der Waals surface area contributed by atoms with E-state index in [1.807, 2.05) is 13.8 Å². The summed E-state index contributed by atoms with van der Waals surface area (Å²) in [5.41, 5.74) is 8.17. The van der Waals surface area contributed by atoms with Crippen LogP contribution in [0.3, 0.4) is 0 Å². The highest BCUT2D eigenvalue weighted by Gasteiger charge is 2.24. The van der Waals surface area contributed by atoms with Crippen LogP contribution in [0.15, 0.2) is 4.42 Å². The van der Waals surface area contributed by atoms with Gasteiger partial charge >= 0.3 is 0 Å². The molecule has 0 bridgehead atoms. The number of aromatic nitrogens is 4. The smallest absolute Gasteiger partial charge is 0.252 e. The fraction of sp³-hybridized carbons (Fsp3) is 0.385. The van der Waals surface area contributed by atoms with Crippen LogP contribution >= 0.6 is 11.3 Å². The van der Waals surface area contributed by atoms with E-state index >= 15 is 0 Å². The highest BCUT2D eigenvalue weighted by atomic mass is 32.1. The third-order valence-corrected chi connectivity index (χ3v) is 4.42. The maximum Gasteiger partial charge on any atom is 0.252 e. The lowest BCUT2D eigenvalue weighted by Gasteiger charge is -2.27. The minimum atomic E-state index is 0.546. The summed E-state index contributed by atoms with van der Waals surface area (Å²) in [5, 5.41) is 0.628. The van der Waals surface area contributed by atoms with Crippen LogP contribution in [0.4, 0.5) is 10.9 Å². The van der Waals surface area contributed by atoms with Gasteiger partial charge in [0.05, 0.1) is 12.2 Å². The van der Waals surface area contributed by atoms with Crippen LogP contribution in [0.2, 0.25) is 0 Å². The molecule has 7 nitrogen and oxygen atoms in total. The molecule has 1 aliphatic rings. The number of anilines is 2. The predicted octanol–water partition coefficient (Wildman–Crippen LogP) is 1.84. The number of nitrogens with two attached hydrogens (primary N) is 1. The molecule has 0 fully saturated rings. The quantitative estimate of drug-likeness (QED) is 0.733. The van der Waals surface area contributed by atoms with Gasteiger partial charge in [-0.25, -0.2) is 15.0 Å². The van der Waals surface area contributed by atoms with Crippen LogP contribution < -0.4 is 10.6 Å². The average molecular weight is 302 g/mol. The number of nitrogen functional groups attached to an aromatic ring is 1. The van der Waals surface area contributed by atoms with Crippen molar-refractivity contribution in [1.82, 2.24) is 19.9 Å². The monoisotopic (exact) mass is 302 g/mol. The summed E-state index contributed by atoms with van der Waals surface area (Å²) < 4.78 is 5.54. The minimum absolute atomic E-state index is 0.546. The summed E-state index contributed by atoms with van der Waals surface area (Å²) in [6.07, 6.45) is 0.865. The molecule has 0 saturated carbocycles. The van der Waals surface area contributed by atoms with E-state index in [2.05, 4.69) is 24.8 Å². The lowest BCUT2D eigenvalue weighted by Crippen LogP contribution is -2.30. The van der Waals surface area contributed by atoms with Gasteiger partial charge in [0.25, 0.3) is 5.71 Å². The van der Waals surface area contributed by atoms with E-state index in [1.54, 1.807) is 11.3 Å². The van der Waals surface area contributed by atoms with Crippen LogP contribution in [0.5, 0.6) is 0 Å². The first kappa shape index (κ1) is 12.5. The number of fused-ring (bicyclic) bond motifs is 2. The molecule has 0 saturated heterocycles. The molecule has 108 valence electrons. The lowest BCUT2D eigenvalue weighted by atomic mass is 10.2. The molecule has 0 amide bonds. The summed E-state index contributed by atoms with van der Waals surface area (Å²) in [6.45, 7) is 5.27. The average Bonchev–Trinajstić information content (AvgIpc) is 2.97. The lowest BCUT2D eigenvalue weighted by molar-refractivity contribution is 0.550. The zero-order valence-electron chi connectivity index (χ0n) is 11.8. The van der Waals surface area contributed by atoms with E-state index in [0.29, 0.717) is 22.6 Å². The van der Waals surface area contributed by atoms with Crippen molar-refractivity contribution in [3.05, 3.63) is 22.3 Å². The molecule has 4 rings (SSSR count). The Balaban J connectivity index is 1.80. The molecular formula is C13H14N6OS. The van der Waals surface area contributed by atoms with Crippen molar-refractivity contribution >= 4 is 33.5 Å². The summed E-state index contributed by atoms with van der Waals surface area (Å²) in [4.78, 5) is 21.0. The Morgan fingerprint density at radius 3 is 2.90 bits per heavy atom. The molecule has 1 aliphatic heterocycles. The topological polar surface area (TPSA) is 94.0 Å². The van der Waals surface area contributed by atoms with Crippen LogP contribution in [0.25, 0.3) is 11.2 Å². The van der Waals surface area contributed by atoms with Gasteiger partial charge in [-0.3, -0.25) is 0 Å². The summed E-state index contributed by atoms with van der Waals surface area (Å²) in [6, 6.07) is 0. The Morgan fingerprint density at radius 1 is 1.19 bits per heavy atom. The second kappa shape index (κ2) is 4.39. The van der Waals surface area contributed by atoms with Crippen molar-refractivity contribution in [2.24, 2.45) is 0 Å². The Bertz CT molecular complexity index is 839. The Hall–Kier alpha value is -2.22. The van der Waals surface area contributed by atoms with Crippen molar-refractivity contribution in [2.45, 2.75) is 26.8 Å². The number of hydrogen-bond donors (Lipinski definition) is 1. The normalized spacial score (nSPS) is 14.7. The van der Waals surface area contributed by atoms with Gasteiger partial charge in [-0.05, 0) is 6.92 Å². The summed E-state index contributed by atoms with van der Waals surface area (Å²) in [7, 11) is 0. The van der Waals surface area contributed by atoms with Gasteiger partial charge in [-0.15, -0.1) is 11.3 Å². The van der Waals surface area contributed by atoms with Crippen molar-refractivity contribution in [2.75, 3.05) is 17.2 Å². The van der Waals surface area contributed by atoms with E-state index in [-0.39, 0.29) is 0 Å². The van der Waals surface area contributed by atoms with Crippen LogP contribution in [-0.4, -0.2) is 26.5 Å². The van der Waals surface area contributed by atoms with Gasteiger partial charge < -0.3 is 15.1 Å². The third-order valence-electron chi connectivity index (χ3n) is 3.51. The Morgan fingerprint density at radius 2 is 2.05 bits per heavy atom. The van der Waals surface area contributed by atoms with E-state index in [9.17, 15) is 0 Å². The van der Waals surface area contributed by atoms with E-state index in [4.69, 9.17) is 10.2 Å². The number of nitrogens with zero attached hydrogens (tertiary/aromatic N) is 5. The zero-order valence-corrected chi connectivity index (χ0v) is 12.6. The maximum absolute atomic E-state index is 5.80. The van der Waals surface area contributed by atoms with Crippen LogP contribution in [0.1, 0.15) is 22.3 Å². The standard InChI is InChI=1S/C13H14N6OS/c1-6-15-11(10-12(16-6)20-7(2)17-10)19-4-3-8-9(5-19)21-13(14)18-8/h3-5H2,1-2H3,(H2,14,18). The van der Waals surface area contributed by atoms with Crippen molar-refractivity contribution in [3.63, 3.8) is 0 Å². The summed E-state index contributed by atoms with van der Waals surface area (Å²) >= 11 is 1.54. The highest BCUT2D eigenvalue weighted by Crippen LogP contribution is 2.31. The van der Waals surface area contributed by atoms with Gasteiger partial charge in [0.2, 0.25) is 0 Å². The molecule has 3 aromatic heterocycles. The van der Waals surface area contributed by atoms with Crippen molar-refractivity contribution < 1.29 is 4.42 Å². The molecule has 0 aromatic carbocycles. The molecule has 0 atom stereocenters. The Kier molecular flexibility index (Phi) is 2.61. The first-order valence-corrected chi connectivity index (χ1v) is 7.52. The number of aryl methyl sites for hydroxylation is 2. The zero-order chi connectivity index (χ0) is 14.6. The molecule has 0 aliphatic carbocycles. The van der Waals surface area contributed by atoms with Crippen LogP contribution in [-0.2, 0) is 13.0 Å². The first-order valence-electron chi connectivity index (χ1n) is 6.71. The Labute approximate surface area is 124 Å². The largest absolute Gasteiger partial charge is 0.422 e. The van der Waals surface area contributed by atoms with Gasteiger partial charge in [0.15, 0.2) is 22.4 Å². The summed E-state index contributed by atoms with van der Waals surface area (Å²) in [5.74, 6) is 2.11. The predicted molar refractivity (Wildman–Crippen MR) is 80.4 cm³/mol. The van der Waals surface area contributed by atoms with Crippen molar-refractivity contribution in [1.29, 1.82) is 0 Å². The van der Waals surface area contributed by atoms with E-state index in [1.165, 1.54) is 4.88 Å². The SMILES string of the molecule is Cc1nc(N2CCc3nc(N)sc3C2)c2nc(C)oc2n1. The fourth-order valence-electron chi connectivity index (χ4n) is 2.63. The molecule has 0 radical (unpaired) electrons. The van der Waals surface area contributed by atoms with Crippen molar-refractivity contribution in [3.8, 4) is 0 Å². The maximum atomic E-state index is 5.80. The number of rotatable bonds is 1. The second-order valence-electron chi connectivity index (χ2n) is 5.07. The molecule has 0 spiro atoms. The molecule has 8 heteroatoms. The molecule has 2 N–H and O–H groups in total. The molecular weight excluding hydrogens is 288 g/mol. The molecule has 3 aromatic rings. The van der Waals surface area contributed by atoms with Gasteiger partial charge in [0, 0.05) is 24.8 Å². The highest BCUT2D eigenvalue weighted by molar-refractivity contribution is 7.15. The van der Waals surface area contributed by atoms with E-state index in [0.717, 1.165) is 36.5 Å². The molecule has 4 heterocycles. The van der Waals surface area contributed by atoms with Gasteiger partial charge in [0.1, 0.15) is 5.82 Å². The first-order chi connectivity index (χ1) is 10.1. The van der Waals surface area contributed by atoms with Crippen LogP contribution in [0, 0.1) is 13.8 Å². The van der Waals surface area contributed by atoms with Gasteiger partial charge in [-0.2, -0.15) is 4.98 Å². The minimum Gasteiger partial charge on any atom is -0.422 e. The van der Waals surface area contributed by atoms with E-state index < -0.39 is 0 Å².